The molecule has 1 atom stereocenters. The number of carbonyl (C=O) groups is 2. The number of hydrogen-bond donors (Lipinski definition) is 1. The first kappa shape index (κ1) is 15.4. The van der Waals surface area contributed by atoms with Gasteiger partial charge in [0.15, 0.2) is 6.10 Å². The number of morpholine rings is 1. The van der Waals surface area contributed by atoms with Gasteiger partial charge in [0.1, 0.15) is 17.1 Å². The molecular weight excluding hydrogens is 300 g/mol. The van der Waals surface area contributed by atoms with Gasteiger partial charge in [-0.3, -0.25) is 9.59 Å². The molecule has 2 amide bonds. The molecule has 0 aliphatic carbocycles. The second-order valence-corrected chi connectivity index (χ2v) is 5.41. The van der Waals surface area contributed by atoms with Crippen molar-refractivity contribution < 1.29 is 23.5 Å². The summed E-state index contributed by atoms with van der Waals surface area (Å²) in [7, 11) is 1.56. The topological polar surface area (TPSA) is 95.0 Å². The molecule has 2 heterocycles. The fourth-order valence-electron chi connectivity index (χ4n) is 2.76. The number of aryl methyl sites for hydroxylation is 1. The number of carbonyl (C=O) groups excluding carboxylic acids is 2. The molecule has 2 aromatic rings. The number of nitrogens with zero attached hydrogens (tertiary/aromatic N) is 1. The maximum absolute atomic E-state index is 12.9. The molecule has 0 bridgehead atoms. The first-order valence-corrected chi connectivity index (χ1v) is 7.28. The van der Waals surface area contributed by atoms with Gasteiger partial charge in [-0.05, 0) is 25.1 Å². The average Bonchev–Trinajstić information content (AvgIpc) is 2.89. The van der Waals surface area contributed by atoms with Crippen LogP contribution in [0.4, 0.5) is 0 Å². The van der Waals surface area contributed by atoms with Crippen LogP contribution in [0.1, 0.15) is 16.1 Å². The summed E-state index contributed by atoms with van der Waals surface area (Å²) >= 11 is 0. The number of hydrogen-bond acceptors (Lipinski definition) is 5. The Morgan fingerprint density at radius 1 is 1.39 bits per heavy atom. The van der Waals surface area contributed by atoms with Gasteiger partial charge in [0.25, 0.3) is 5.91 Å². The Hall–Kier alpha value is -2.54. The number of amides is 2. The van der Waals surface area contributed by atoms with Crippen molar-refractivity contribution in [3.63, 3.8) is 0 Å². The van der Waals surface area contributed by atoms with Crippen LogP contribution in [0.25, 0.3) is 11.0 Å². The van der Waals surface area contributed by atoms with Gasteiger partial charge in [-0.25, -0.2) is 0 Å². The van der Waals surface area contributed by atoms with Crippen molar-refractivity contribution in [1.29, 1.82) is 0 Å². The van der Waals surface area contributed by atoms with Crippen LogP contribution in [0.2, 0.25) is 0 Å². The van der Waals surface area contributed by atoms with E-state index in [1.807, 2.05) is 0 Å². The van der Waals surface area contributed by atoms with Crippen LogP contribution >= 0.6 is 0 Å². The standard InChI is InChI=1S/C16H18N2O5/c1-9-14(11-7-10(21-2)3-4-12(11)23-9)16(20)18-5-6-22-13(8-18)15(17)19/h3-4,7,13H,5-6,8H2,1-2H3,(H2,17,19)/t13-/m1/s1. The number of rotatable bonds is 3. The molecule has 1 saturated heterocycles. The lowest BCUT2D eigenvalue weighted by molar-refractivity contribution is -0.133. The molecule has 3 rings (SSSR count). The van der Waals surface area contributed by atoms with Crippen LogP contribution in [0.3, 0.4) is 0 Å². The van der Waals surface area contributed by atoms with Crippen LogP contribution in [0.15, 0.2) is 22.6 Å². The number of primary amides is 1. The van der Waals surface area contributed by atoms with E-state index in [4.69, 9.17) is 19.6 Å². The molecule has 1 aromatic carbocycles. The van der Waals surface area contributed by atoms with Gasteiger partial charge >= 0.3 is 0 Å². The third-order valence-corrected chi connectivity index (χ3v) is 3.96. The largest absolute Gasteiger partial charge is 0.497 e. The Morgan fingerprint density at radius 3 is 2.87 bits per heavy atom. The van der Waals surface area contributed by atoms with E-state index >= 15 is 0 Å². The summed E-state index contributed by atoms with van der Waals surface area (Å²) in [5.74, 6) is 0.395. The van der Waals surface area contributed by atoms with E-state index in [1.54, 1.807) is 37.1 Å². The van der Waals surface area contributed by atoms with E-state index in [9.17, 15) is 9.59 Å². The molecule has 1 aliphatic heterocycles. The minimum atomic E-state index is -0.777. The van der Waals surface area contributed by atoms with Crippen molar-refractivity contribution in [3.8, 4) is 5.75 Å². The second-order valence-electron chi connectivity index (χ2n) is 5.41. The predicted molar refractivity (Wildman–Crippen MR) is 82.3 cm³/mol. The van der Waals surface area contributed by atoms with Crippen molar-refractivity contribution in [2.45, 2.75) is 13.0 Å². The highest BCUT2D eigenvalue weighted by atomic mass is 16.5. The number of benzene rings is 1. The number of nitrogens with two attached hydrogens (primary N) is 1. The summed E-state index contributed by atoms with van der Waals surface area (Å²) < 4.78 is 16.2. The minimum absolute atomic E-state index is 0.143. The number of methoxy groups -OCH3 is 1. The Kier molecular flexibility index (Phi) is 3.96. The molecule has 23 heavy (non-hydrogen) atoms. The minimum Gasteiger partial charge on any atom is -0.497 e. The molecule has 1 aromatic heterocycles. The maximum Gasteiger partial charge on any atom is 0.258 e. The van der Waals surface area contributed by atoms with Gasteiger partial charge in [0.2, 0.25) is 5.91 Å². The van der Waals surface area contributed by atoms with E-state index in [1.165, 1.54) is 0 Å². The maximum atomic E-state index is 12.9. The van der Waals surface area contributed by atoms with Crippen molar-refractivity contribution in [2.24, 2.45) is 5.73 Å². The van der Waals surface area contributed by atoms with E-state index in [-0.39, 0.29) is 19.1 Å². The normalized spacial score (nSPS) is 18.2. The molecule has 0 unspecified atom stereocenters. The SMILES string of the molecule is COc1ccc2oc(C)c(C(=O)N3CCO[C@@H](C(N)=O)C3)c2c1. The lowest BCUT2D eigenvalue weighted by Gasteiger charge is -2.31. The first-order chi connectivity index (χ1) is 11.0. The van der Waals surface area contributed by atoms with E-state index in [2.05, 4.69) is 0 Å². The predicted octanol–water partition coefficient (Wildman–Crippen LogP) is 1.08. The molecule has 1 aliphatic rings. The molecular formula is C16H18N2O5. The van der Waals surface area contributed by atoms with E-state index < -0.39 is 12.0 Å². The van der Waals surface area contributed by atoms with Gasteiger partial charge in [-0.15, -0.1) is 0 Å². The summed E-state index contributed by atoms with van der Waals surface area (Å²) in [5, 5.41) is 0.689. The van der Waals surface area contributed by atoms with Crippen LogP contribution in [0, 0.1) is 6.92 Å². The van der Waals surface area contributed by atoms with E-state index in [0.717, 1.165) is 0 Å². The Morgan fingerprint density at radius 2 is 2.17 bits per heavy atom. The fraction of sp³-hybridized carbons (Fsp3) is 0.375. The summed E-state index contributed by atoms with van der Waals surface area (Å²) in [4.78, 5) is 25.7. The third kappa shape index (κ3) is 2.75. The van der Waals surface area contributed by atoms with Crippen LogP contribution < -0.4 is 10.5 Å². The van der Waals surface area contributed by atoms with Gasteiger partial charge in [0.05, 0.1) is 25.8 Å². The number of furan rings is 1. The van der Waals surface area contributed by atoms with Crippen molar-refractivity contribution in [2.75, 3.05) is 26.8 Å². The summed E-state index contributed by atoms with van der Waals surface area (Å²) in [6.45, 7) is 2.56. The quantitative estimate of drug-likeness (QED) is 0.913. The van der Waals surface area contributed by atoms with Gasteiger partial charge in [-0.1, -0.05) is 0 Å². The highest BCUT2D eigenvalue weighted by molar-refractivity contribution is 6.07. The van der Waals surface area contributed by atoms with E-state index in [0.29, 0.717) is 34.6 Å². The van der Waals surface area contributed by atoms with Crippen molar-refractivity contribution >= 4 is 22.8 Å². The molecule has 2 N–H and O–H groups in total. The zero-order valence-electron chi connectivity index (χ0n) is 13.0. The summed E-state index contributed by atoms with van der Waals surface area (Å²) in [6.07, 6.45) is -0.777. The van der Waals surface area contributed by atoms with Gasteiger partial charge in [-0.2, -0.15) is 0 Å². The first-order valence-electron chi connectivity index (χ1n) is 7.28. The lowest BCUT2D eigenvalue weighted by Crippen LogP contribution is -2.50. The molecule has 122 valence electrons. The fourth-order valence-corrected chi connectivity index (χ4v) is 2.76. The van der Waals surface area contributed by atoms with Crippen LogP contribution in [0.5, 0.6) is 5.75 Å². The smallest absolute Gasteiger partial charge is 0.258 e. The third-order valence-electron chi connectivity index (χ3n) is 3.96. The lowest BCUT2D eigenvalue weighted by atomic mass is 10.1. The molecule has 0 spiro atoms. The molecule has 1 fully saturated rings. The summed E-state index contributed by atoms with van der Waals surface area (Å²) in [5.41, 5.74) is 6.36. The van der Waals surface area contributed by atoms with Gasteiger partial charge < -0.3 is 24.5 Å². The molecule has 0 radical (unpaired) electrons. The Balaban J connectivity index is 1.97. The van der Waals surface area contributed by atoms with Crippen molar-refractivity contribution in [3.05, 3.63) is 29.5 Å². The second kappa shape index (κ2) is 5.92. The molecule has 7 nitrogen and oxygen atoms in total. The Bertz CT molecular complexity index is 767. The molecule has 0 saturated carbocycles. The number of ether oxygens (including phenoxy) is 2. The monoisotopic (exact) mass is 318 g/mol. The summed E-state index contributed by atoms with van der Waals surface area (Å²) in [6, 6.07) is 5.31. The van der Waals surface area contributed by atoms with Crippen LogP contribution in [-0.2, 0) is 9.53 Å². The van der Waals surface area contributed by atoms with Crippen molar-refractivity contribution in [1.82, 2.24) is 4.90 Å². The molecule has 7 heteroatoms. The number of fused-ring (bicyclic) bond motifs is 1. The zero-order valence-corrected chi connectivity index (χ0v) is 13.0. The van der Waals surface area contributed by atoms with Crippen LogP contribution in [-0.4, -0.2) is 49.6 Å². The highest BCUT2D eigenvalue weighted by Crippen LogP contribution is 2.30. The zero-order chi connectivity index (χ0) is 16.6. The Labute approximate surface area is 132 Å². The van der Waals surface area contributed by atoms with Gasteiger partial charge in [0, 0.05) is 11.9 Å². The highest BCUT2D eigenvalue weighted by Gasteiger charge is 2.31. The average molecular weight is 318 g/mol.